The van der Waals surface area contributed by atoms with Gasteiger partial charge in [0.1, 0.15) is 17.2 Å². The molecule has 3 aromatic carbocycles. The largest absolute Gasteiger partial charge is 0.496 e. The van der Waals surface area contributed by atoms with E-state index in [1.807, 2.05) is 84.9 Å². The number of hydrogen-bond donors (Lipinski definition) is 0. The Bertz CT molecular complexity index is 1480. The van der Waals surface area contributed by atoms with Crippen LogP contribution in [0.4, 0.5) is 0 Å². The highest BCUT2D eigenvalue weighted by Crippen LogP contribution is 2.27. The lowest BCUT2D eigenvalue weighted by Gasteiger charge is -2.05. The Balaban J connectivity index is 1.50. The molecular weight excluding hydrogens is 410 g/mol. The summed E-state index contributed by atoms with van der Waals surface area (Å²) in [7, 11) is 1.60. The van der Waals surface area contributed by atoms with E-state index in [1.54, 1.807) is 7.11 Å². The van der Waals surface area contributed by atoms with E-state index >= 15 is 0 Å². The molecule has 2 heterocycles. The highest BCUT2D eigenvalue weighted by atomic mass is 32.1. The van der Waals surface area contributed by atoms with Gasteiger partial charge in [0.25, 0.3) is 5.56 Å². The Morgan fingerprint density at radius 2 is 1.71 bits per heavy atom. The third-order valence-electron chi connectivity index (χ3n) is 4.66. The van der Waals surface area contributed by atoms with Gasteiger partial charge in [-0.05, 0) is 48.0 Å². The Labute approximate surface area is 181 Å². The molecular formula is C24H17N3O3S. The van der Waals surface area contributed by atoms with Gasteiger partial charge < -0.3 is 9.47 Å². The molecule has 0 N–H and O–H groups in total. The van der Waals surface area contributed by atoms with E-state index in [-0.39, 0.29) is 5.56 Å². The van der Waals surface area contributed by atoms with Crippen LogP contribution in [0.15, 0.2) is 83.7 Å². The first-order valence-corrected chi connectivity index (χ1v) is 10.4. The van der Waals surface area contributed by atoms with Gasteiger partial charge in [0.05, 0.1) is 17.2 Å². The smallest absolute Gasteiger partial charge is 0.291 e. The summed E-state index contributed by atoms with van der Waals surface area (Å²) in [6.45, 7) is 0. The van der Waals surface area contributed by atoms with Gasteiger partial charge in [0.2, 0.25) is 4.96 Å². The zero-order valence-corrected chi connectivity index (χ0v) is 17.4. The van der Waals surface area contributed by atoms with Crippen LogP contribution in [0.2, 0.25) is 0 Å². The molecule has 0 spiro atoms. The number of thiazole rings is 1. The van der Waals surface area contributed by atoms with E-state index in [0.29, 0.717) is 26.8 Å². The second-order valence-electron chi connectivity index (χ2n) is 6.73. The van der Waals surface area contributed by atoms with Crippen molar-refractivity contribution in [3.63, 3.8) is 0 Å². The molecule has 2 aromatic heterocycles. The molecule has 0 aliphatic carbocycles. The van der Waals surface area contributed by atoms with Gasteiger partial charge in [0.15, 0.2) is 5.82 Å². The van der Waals surface area contributed by atoms with Gasteiger partial charge in [-0.15, -0.1) is 5.10 Å². The molecule has 7 heteroatoms. The number of rotatable bonds is 5. The summed E-state index contributed by atoms with van der Waals surface area (Å²) in [6.07, 6.45) is 1.82. The van der Waals surface area contributed by atoms with Crippen LogP contribution in [-0.4, -0.2) is 21.7 Å². The quantitative estimate of drug-likeness (QED) is 0.421. The van der Waals surface area contributed by atoms with Crippen LogP contribution >= 0.6 is 11.3 Å². The summed E-state index contributed by atoms with van der Waals surface area (Å²) >= 11 is 1.30. The molecule has 0 radical (unpaired) electrons. The third kappa shape index (κ3) is 3.78. The lowest BCUT2D eigenvalue weighted by Crippen LogP contribution is -2.23. The summed E-state index contributed by atoms with van der Waals surface area (Å²) in [5.41, 5.74) is 1.40. The molecule has 0 unspecified atom stereocenters. The number of hydrogen-bond acceptors (Lipinski definition) is 6. The average molecular weight is 427 g/mol. The van der Waals surface area contributed by atoms with E-state index < -0.39 is 0 Å². The first kappa shape index (κ1) is 19.0. The number of methoxy groups -OCH3 is 1. The monoisotopic (exact) mass is 427 g/mol. The predicted octanol–water partition coefficient (Wildman–Crippen LogP) is 4.17. The van der Waals surface area contributed by atoms with Crippen molar-refractivity contribution in [3.8, 4) is 28.6 Å². The first-order chi connectivity index (χ1) is 15.2. The van der Waals surface area contributed by atoms with Crippen molar-refractivity contribution in [3.05, 3.63) is 99.3 Å². The molecule has 5 aromatic rings. The van der Waals surface area contributed by atoms with E-state index in [4.69, 9.17) is 9.47 Å². The highest BCUT2D eigenvalue weighted by molar-refractivity contribution is 7.15. The fraction of sp³-hybridized carbons (Fsp3) is 0.0417. The van der Waals surface area contributed by atoms with Crippen molar-refractivity contribution < 1.29 is 9.47 Å². The normalized spacial score (nSPS) is 11.7. The minimum absolute atomic E-state index is 0.206. The van der Waals surface area contributed by atoms with Crippen molar-refractivity contribution in [2.45, 2.75) is 0 Å². The topological polar surface area (TPSA) is 65.7 Å². The summed E-state index contributed by atoms with van der Waals surface area (Å²) in [4.78, 5) is 18.0. The maximum absolute atomic E-state index is 12.9. The van der Waals surface area contributed by atoms with Gasteiger partial charge in [-0.1, -0.05) is 53.8 Å². The molecule has 0 atom stereocenters. The molecule has 0 aliphatic heterocycles. The van der Waals surface area contributed by atoms with Crippen molar-refractivity contribution in [2.75, 3.05) is 7.11 Å². The zero-order chi connectivity index (χ0) is 21.2. The minimum Gasteiger partial charge on any atom is -0.496 e. The van der Waals surface area contributed by atoms with E-state index in [9.17, 15) is 4.79 Å². The number of aromatic nitrogens is 3. The fourth-order valence-electron chi connectivity index (χ4n) is 3.22. The maximum Gasteiger partial charge on any atom is 0.291 e. The molecule has 6 nitrogen and oxygen atoms in total. The minimum atomic E-state index is -0.206. The summed E-state index contributed by atoms with van der Waals surface area (Å²) in [5.74, 6) is 2.58. The van der Waals surface area contributed by atoms with Gasteiger partial charge in [-0.25, -0.2) is 0 Å². The van der Waals surface area contributed by atoms with Gasteiger partial charge >= 0.3 is 0 Å². The number of benzene rings is 3. The first-order valence-electron chi connectivity index (χ1n) is 9.59. The number of fused-ring (bicyclic) bond motifs is 1. The lowest BCUT2D eigenvalue weighted by molar-refractivity contribution is 0.416. The molecule has 0 aliphatic rings. The van der Waals surface area contributed by atoms with Crippen LogP contribution in [0.5, 0.6) is 17.2 Å². The molecule has 0 amide bonds. The van der Waals surface area contributed by atoms with Crippen LogP contribution in [0.25, 0.3) is 22.4 Å². The van der Waals surface area contributed by atoms with E-state index in [1.165, 1.54) is 15.9 Å². The standard InChI is InChI=1S/C24H17N3O3S/c1-29-20-13-6-5-12-19(20)22-25-24-27(26-22)23(28)21(31-24)15-16-8-7-11-18(14-16)30-17-9-3-2-4-10-17/h2-15H,1H3/b21-15+. The molecule has 0 bridgehead atoms. The maximum atomic E-state index is 12.9. The van der Waals surface area contributed by atoms with E-state index in [0.717, 1.165) is 16.9 Å². The molecule has 0 saturated heterocycles. The van der Waals surface area contributed by atoms with E-state index in [2.05, 4.69) is 10.1 Å². The molecule has 31 heavy (non-hydrogen) atoms. The Hall–Kier alpha value is -3.97. The number of ether oxygens (including phenoxy) is 2. The van der Waals surface area contributed by atoms with Crippen LogP contribution in [0.3, 0.4) is 0 Å². The van der Waals surface area contributed by atoms with Gasteiger partial charge in [0, 0.05) is 0 Å². The van der Waals surface area contributed by atoms with Gasteiger partial charge in [-0.3, -0.25) is 4.79 Å². The van der Waals surface area contributed by atoms with Gasteiger partial charge in [-0.2, -0.15) is 9.50 Å². The van der Waals surface area contributed by atoms with Crippen LogP contribution in [0.1, 0.15) is 5.56 Å². The fourth-order valence-corrected chi connectivity index (χ4v) is 4.13. The average Bonchev–Trinajstić information content (AvgIpc) is 3.34. The molecule has 5 rings (SSSR count). The predicted molar refractivity (Wildman–Crippen MR) is 121 cm³/mol. The second-order valence-corrected chi connectivity index (χ2v) is 7.74. The SMILES string of the molecule is COc1ccccc1-c1nc2s/c(=C/c3cccc(Oc4ccccc4)c3)c(=O)n2n1. The number of nitrogens with zero attached hydrogens (tertiary/aromatic N) is 3. The van der Waals surface area contributed by atoms with Crippen molar-refractivity contribution in [2.24, 2.45) is 0 Å². The molecule has 0 saturated carbocycles. The number of para-hydroxylation sites is 2. The Morgan fingerprint density at radius 3 is 2.52 bits per heavy atom. The second kappa shape index (κ2) is 8.04. The Morgan fingerprint density at radius 1 is 0.935 bits per heavy atom. The third-order valence-corrected chi connectivity index (χ3v) is 5.62. The Kier molecular flexibility index (Phi) is 4.93. The van der Waals surface area contributed by atoms with Crippen LogP contribution in [0, 0.1) is 0 Å². The van der Waals surface area contributed by atoms with Crippen LogP contribution in [-0.2, 0) is 0 Å². The highest BCUT2D eigenvalue weighted by Gasteiger charge is 2.14. The lowest BCUT2D eigenvalue weighted by atomic mass is 10.2. The van der Waals surface area contributed by atoms with Crippen LogP contribution < -0.4 is 19.6 Å². The molecule has 0 fully saturated rings. The van der Waals surface area contributed by atoms with Crippen molar-refractivity contribution in [1.82, 2.24) is 14.6 Å². The summed E-state index contributed by atoms with van der Waals surface area (Å²) in [5, 5.41) is 4.41. The van der Waals surface area contributed by atoms with Crippen molar-refractivity contribution >= 4 is 22.4 Å². The molecule has 152 valence electrons. The summed E-state index contributed by atoms with van der Waals surface area (Å²) in [6, 6.07) is 24.6. The summed E-state index contributed by atoms with van der Waals surface area (Å²) < 4.78 is 13.1. The zero-order valence-electron chi connectivity index (χ0n) is 16.6. The van der Waals surface area contributed by atoms with Crippen molar-refractivity contribution in [1.29, 1.82) is 0 Å².